The normalized spacial score (nSPS) is 12.1. The van der Waals surface area contributed by atoms with E-state index in [0.29, 0.717) is 27.8 Å². The number of hydrogen-bond acceptors (Lipinski definition) is 7. The van der Waals surface area contributed by atoms with Crippen LogP contribution in [0.15, 0.2) is 30.3 Å². The third kappa shape index (κ3) is 3.24. The fourth-order valence-corrected chi connectivity index (χ4v) is 3.58. The Balaban J connectivity index is 1.55. The third-order valence-electron chi connectivity index (χ3n) is 3.98. The number of esters is 1. The molecule has 1 amide bonds. The van der Waals surface area contributed by atoms with E-state index in [-0.39, 0.29) is 12.5 Å². The number of ether oxygens (including phenoxy) is 3. The van der Waals surface area contributed by atoms with Gasteiger partial charge in [-0.05, 0) is 37.3 Å². The molecule has 9 heteroatoms. The minimum atomic E-state index is -0.500. The van der Waals surface area contributed by atoms with E-state index in [4.69, 9.17) is 14.2 Å². The van der Waals surface area contributed by atoms with Crippen LogP contribution in [-0.4, -0.2) is 36.0 Å². The van der Waals surface area contributed by atoms with Gasteiger partial charge in [-0.3, -0.25) is 9.89 Å². The van der Waals surface area contributed by atoms with Crippen LogP contribution in [0.5, 0.6) is 11.5 Å². The molecule has 0 radical (unpaired) electrons. The first-order chi connectivity index (χ1) is 13.0. The lowest BCUT2D eigenvalue weighted by Crippen LogP contribution is -2.14. The van der Waals surface area contributed by atoms with Gasteiger partial charge >= 0.3 is 5.97 Å². The summed E-state index contributed by atoms with van der Waals surface area (Å²) in [6, 6.07) is 8.74. The zero-order valence-electron chi connectivity index (χ0n) is 14.5. The monoisotopic (exact) mass is 385 g/mol. The molecule has 0 aliphatic carbocycles. The predicted molar refractivity (Wildman–Crippen MR) is 98.5 cm³/mol. The Labute approximate surface area is 158 Å². The molecule has 0 bridgehead atoms. The van der Waals surface area contributed by atoms with Gasteiger partial charge in [-0.25, -0.2) is 4.79 Å². The first kappa shape index (κ1) is 17.1. The summed E-state index contributed by atoms with van der Waals surface area (Å²) in [5.41, 5.74) is 1.97. The summed E-state index contributed by atoms with van der Waals surface area (Å²) >= 11 is 1.30. The van der Waals surface area contributed by atoms with Crippen molar-refractivity contribution in [3.05, 3.63) is 46.5 Å². The zero-order valence-corrected chi connectivity index (χ0v) is 15.3. The van der Waals surface area contributed by atoms with Crippen LogP contribution in [0.2, 0.25) is 0 Å². The van der Waals surface area contributed by atoms with Crippen molar-refractivity contribution in [1.82, 2.24) is 10.2 Å². The molecule has 1 aliphatic rings. The van der Waals surface area contributed by atoms with Crippen LogP contribution < -0.4 is 14.8 Å². The first-order valence-electron chi connectivity index (χ1n) is 8.00. The molecule has 0 fully saturated rings. The number of fused-ring (bicyclic) bond motifs is 1. The quantitative estimate of drug-likeness (QED) is 0.669. The van der Waals surface area contributed by atoms with Crippen molar-refractivity contribution < 1.29 is 23.8 Å². The van der Waals surface area contributed by atoms with Crippen molar-refractivity contribution in [2.75, 3.05) is 19.2 Å². The minimum Gasteiger partial charge on any atom is -0.465 e. The minimum absolute atomic E-state index is 0.190. The summed E-state index contributed by atoms with van der Waals surface area (Å²) in [5.74, 6) is 0.413. The maximum atomic E-state index is 12.5. The Morgan fingerprint density at radius 3 is 2.85 bits per heavy atom. The first-order valence-corrected chi connectivity index (χ1v) is 8.82. The highest BCUT2D eigenvalue weighted by molar-refractivity contribution is 7.16. The van der Waals surface area contributed by atoms with Gasteiger partial charge < -0.3 is 19.5 Å². The van der Waals surface area contributed by atoms with Gasteiger partial charge in [-0.15, -0.1) is 11.3 Å². The number of aryl methyl sites for hydroxylation is 1. The highest BCUT2D eigenvalue weighted by atomic mass is 32.1. The topological polar surface area (TPSA) is 103 Å². The van der Waals surface area contributed by atoms with Crippen molar-refractivity contribution >= 4 is 28.2 Å². The van der Waals surface area contributed by atoms with Crippen molar-refractivity contribution in [1.29, 1.82) is 0 Å². The van der Waals surface area contributed by atoms with Gasteiger partial charge in [0, 0.05) is 10.4 Å². The highest BCUT2D eigenvalue weighted by Crippen LogP contribution is 2.35. The second-order valence-corrected chi connectivity index (χ2v) is 7.04. The van der Waals surface area contributed by atoms with E-state index in [1.807, 2.05) is 13.0 Å². The van der Waals surface area contributed by atoms with Crippen LogP contribution in [0, 0.1) is 6.92 Å². The fourth-order valence-electron chi connectivity index (χ4n) is 2.68. The van der Waals surface area contributed by atoms with Gasteiger partial charge in [0.25, 0.3) is 5.91 Å². The Kier molecular flexibility index (Phi) is 4.28. The van der Waals surface area contributed by atoms with Gasteiger partial charge in [0.05, 0.1) is 18.4 Å². The molecule has 0 unspecified atom stereocenters. The Hall–Kier alpha value is -3.33. The van der Waals surface area contributed by atoms with E-state index >= 15 is 0 Å². The molecule has 0 saturated carbocycles. The highest BCUT2D eigenvalue weighted by Gasteiger charge is 2.20. The molecule has 1 aliphatic heterocycles. The van der Waals surface area contributed by atoms with Gasteiger partial charge in [0.15, 0.2) is 11.5 Å². The van der Waals surface area contributed by atoms with Gasteiger partial charge in [0.1, 0.15) is 10.7 Å². The summed E-state index contributed by atoms with van der Waals surface area (Å²) in [6.07, 6.45) is 0. The van der Waals surface area contributed by atoms with E-state index in [0.717, 1.165) is 10.4 Å². The number of anilines is 1. The molecule has 3 heterocycles. The van der Waals surface area contributed by atoms with Gasteiger partial charge in [0.2, 0.25) is 6.79 Å². The van der Waals surface area contributed by atoms with Crippen LogP contribution >= 0.6 is 11.3 Å². The number of nitrogens with one attached hydrogen (secondary N) is 2. The number of benzene rings is 1. The molecule has 1 aromatic carbocycles. The average molecular weight is 385 g/mol. The van der Waals surface area contributed by atoms with Gasteiger partial charge in [-0.1, -0.05) is 0 Å². The standard InChI is InChI=1S/C18H15N3O5S/c1-9-5-11(18(23)24-2)17(27-9)19-16(22)13-7-12(20-21-13)10-3-4-14-15(6-10)26-8-25-14/h3-7H,8H2,1-2H3,(H,19,22)(H,20,21). The van der Waals surface area contributed by atoms with Crippen LogP contribution in [0.25, 0.3) is 11.3 Å². The number of carbonyl (C=O) groups excluding carboxylic acids is 2. The summed E-state index contributed by atoms with van der Waals surface area (Å²) < 4.78 is 15.4. The summed E-state index contributed by atoms with van der Waals surface area (Å²) in [7, 11) is 1.30. The number of rotatable bonds is 4. The Bertz CT molecular complexity index is 1040. The van der Waals surface area contributed by atoms with Gasteiger partial charge in [-0.2, -0.15) is 5.10 Å². The van der Waals surface area contributed by atoms with E-state index in [1.54, 1.807) is 24.3 Å². The number of aromatic amines is 1. The number of H-pyrrole nitrogens is 1. The maximum Gasteiger partial charge on any atom is 0.340 e. The van der Waals surface area contributed by atoms with Crippen LogP contribution in [-0.2, 0) is 4.74 Å². The van der Waals surface area contributed by atoms with Crippen molar-refractivity contribution in [3.8, 4) is 22.8 Å². The smallest absolute Gasteiger partial charge is 0.340 e. The molecule has 8 nitrogen and oxygen atoms in total. The van der Waals surface area contributed by atoms with Crippen molar-refractivity contribution in [3.63, 3.8) is 0 Å². The molecule has 3 aromatic rings. The molecule has 0 saturated heterocycles. The number of thiophene rings is 1. The summed E-state index contributed by atoms with van der Waals surface area (Å²) in [4.78, 5) is 25.3. The molecular formula is C18H15N3O5S. The number of nitrogens with zero attached hydrogens (tertiary/aromatic N) is 1. The lowest BCUT2D eigenvalue weighted by atomic mass is 10.1. The number of hydrogen-bond donors (Lipinski definition) is 2. The molecule has 2 N–H and O–H groups in total. The second kappa shape index (κ2) is 6.76. The molecule has 0 atom stereocenters. The number of amides is 1. The van der Waals surface area contributed by atoms with Crippen LogP contribution in [0.4, 0.5) is 5.00 Å². The van der Waals surface area contributed by atoms with E-state index in [2.05, 4.69) is 15.5 Å². The molecule has 2 aromatic heterocycles. The maximum absolute atomic E-state index is 12.5. The Morgan fingerprint density at radius 2 is 2.04 bits per heavy atom. The number of aromatic nitrogens is 2. The molecule has 138 valence electrons. The average Bonchev–Trinajstić information content (AvgIpc) is 3.39. The fraction of sp³-hybridized carbons (Fsp3) is 0.167. The summed E-state index contributed by atoms with van der Waals surface area (Å²) in [5, 5.41) is 10.1. The third-order valence-corrected chi connectivity index (χ3v) is 4.94. The molecule has 0 spiro atoms. The lowest BCUT2D eigenvalue weighted by molar-refractivity contribution is 0.0602. The number of carbonyl (C=O) groups is 2. The van der Waals surface area contributed by atoms with E-state index < -0.39 is 11.9 Å². The molecule has 27 heavy (non-hydrogen) atoms. The summed E-state index contributed by atoms with van der Waals surface area (Å²) in [6.45, 7) is 2.04. The molecular weight excluding hydrogens is 370 g/mol. The zero-order chi connectivity index (χ0) is 19.0. The number of methoxy groups -OCH3 is 1. The predicted octanol–water partition coefficient (Wildman–Crippen LogP) is 3.21. The van der Waals surface area contributed by atoms with Crippen LogP contribution in [0.3, 0.4) is 0 Å². The SMILES string of the molecule is COC(=O)c1cc(C)sc1NC(=O)c1cc(-c2ccc3c(c2)OCO3)n[nH]1. The molecule has 4 rings (SSSR count). The largest absolute Gasteiger partial charge is 0.465 e. The second-order valence-electron chi connectivity index (χ2n) is 5.78. The Morgan fingerprint density at radius 1 is 1.22 bits per heavy atom. The van der Waals surface area contributed by atoms with Crippen LogP contribution in [0.1, 0.15) is 25.7 Å². The van der Waals surface area contributed by atoms with E-state index in [9.17, 15) is 9.59 Å². The van der Waals surface area contributed by atoms with E-state index in [1.165, 1.54) is 18.4 Å². The van der Waals surface area contributed by atoms with Crippen molar-refractivity contribution in [2.45, 2.75) is 6.92 Å². The van der Waals surface area contributed by atoms with Crippen molar-refractivity contribution in [2.24, 2.45) is 0 Å². The lowest BCUT2D eigenvalue weighted by Gasteiger charge is -2.03.